The third kappa shape index (κ3) is 4.05. The molecule has 1 unspecified atom stereocenters. The van der Waals surface area contributed by atoms with E-state index >= 15 is 0 Å². The average molecular weight is 421 g/mol. The maximum absolute atomic E-state index is 13.2. The smallest absolute Gasteiger partial charge is 0.240 e. The maximum Gasteiger partial charge on any atom is 0.240 e. The Labute approximate surface area is 175 Å². The molecule has 2 aromatic carbocycles. The zero-order valence-electron chi connectivity index (χ0n) is 15.6. The number of nitrogens with zero attached hydrogens (tertiary/aromatic N) is 2. The van der Waals surface area contributed by atoms with Gasteiger partial charge >= 0.3 is 0 Å². The lowest BCUT2D eigenvalue weighted by Gasteiger charge is -2.31. The summed E-state index contributed by atoms with van der Waals surface area (Å²) in [6, 6.07) is 9.88. The van der Waals surface area contributed by atoms with Gasteiger partial charge in [-0.05, 0) is 67.7 Å². The standard InChI is InChI=1S/C22H23Cl2FN2O/c23-19-12-16(15-4-6-17(25)7-5-15)13-20(24)18(19)14-27-11-8-21(22(27)28)26-9-2-1-3-10-26/h4-7,12-13,21H,1-3,8-11,14H2. The normalized spacial score (nSPS) is 20.8. The van der Waals surface area contributed by atoms with Gasteiger partial charge in [-0.25, -0.2) is 4.39 Å². The monoisotopic (exact) mass is 420 g/mol. The molecule has 2 heterocycles. The van der Waals surface area contributed by atoms with Crippen LogP contribution in [0.5, 0.6) is 0 Å². The lowest BCUT2D eigenvalue weighted by molar-refractivity contribution is -0.132. The minimum Gasteiger partial charge on any atom is -0.337 e. The van der Waals surface area contributed by atoms with Gasteiger partial charge in [0.2, 0.25) is 5.91 Å². The van der Waals surface area contributed by atoms with Crippen molar-refractivity contribution in [3.63, 3.8) is 0 Å². The van der Waals surface area contributed by atoms with Gasteiger partial charge in [-0.1, -0.05) is 41.8 Å². The van der Waals surface area contributed by atoms with Crippen LogP contribution in [-0.4, -0.2) is 41.4 Å². The number of likely N-dealkylation sites (tertiary alicyclic amines) is 2. The average Bonchev–Trinajstić information content (AvgIpc) is 3.06. The van der Waals surface area contributed by atoms with Crippen LogP contribution in [0.1, 0.15) is 31.2 Å². The van der Waals surface area contributed by atoms with E-state index in [1.54, 1.807) is 12.1 Å². The second-order valence-corrected chi connectivity index (χ2v) is 8.40. The fourth-order valence-electron chi connectivity index (χ4n) is 4.20. The van der Waals surface area contributed by atoms with Crippen molar-refractivity contribution in [2.45, 2.75) is 38.3 Å². The first-order valence-corrected chi connectivity index (χ1v) is 10.6. The van der Waals surface area contributed by atoms with Gasteiger partial charge in [-0.15, -0.1) is 0 Å². The molecule has 0 N–H and O–H groups in total. The summed E-state index contributed by atoms with van der Waals surface area (Å²) in [6.07, 6.45) is 4.47. The van der Waals surface area contributed by atoms with Crippen LogP contribution in [0.2, 0.25) is 10.0 Å². The van der Waals surface area contributed by atoms with Crippen LogP contribution in [0.3, 0.4) is 0 Å². The Balaban J connectivity index is 1.50. The molecule has 28 heavy (non-hydrogen) atoms. The van der Waals surface area contributed by atoms with E-state index in [4.69, 9.17) is 23.2 Å². The fraction of sp³-hybridized carbons (Fsp3) is 0.409. The predicted octanol–water partition coefficient (Wildman–Crippen LogP) is 5.39. The van der Waals surface area contributed by atoms with E-state index in [0.29, 0.717) is 16.6 Å². The highest BCUT2D eigenvalue weighted by Gasteiger charge is 2.36. The molecule has 0 radical (unpaired) electrons. The van der Waals surface area contributed by atoms with Crippen molar-refractivity contribution in [2.75, 3.05) is 19.6 Å². The number of amides is 1. The zero-order chi connectivity index (χ0) is 19.7. The van der Waals surface area contributed by atoms with Crippen LogP contribution >= 0.6 is 23.2 Å². The van der Waals surface area contributed by atoms with Gasteiger partial charge < -0.3 is 4.90 Å². The summed E-state index contributed by atoms with van der Waals surface area (Å²) in [5.74, 6) is -0.106. The predicted molar refractivity (Wildman–Crippen MR) is 111 cm³/mol. The minimum atomic E-state index is -0.284. The highest BCUT2D eigenvalue weighted by Crippen LogP contribution is 2.34. The van der Waals surface area contributed by atoms with Gasteiger partial charge in [0.05, 0.1) is 6.04 Å². The van der Waals surface area contributed by atoms with Crippen molar-refractivity contribution < 1.29 is 9.18 Å². The zero-order valence-corrected chi connectivity index (χ0v) is 17.1. The molecule has 0 bridgehead atoms. The Hall–Kier alpha value is -1.62. The number of hydrogen-bond acceptors (Lipinski definition) is 2. The van der Waals surface area contributed by atoms with Crippen LogP contribution < -0.4 is 0 Å². The van der Waals surface area contributed by atoms with E-state index in [0.717, 1.165) is 42.7 Å². The van der Waals surface area contributed by atoms with E-state index < -0.39 is 0 Å². The molecule has 1 amide bonds. The molecular weight excluding hydrogens is 398 g/mol. The van der Waals surface area contributed by atoms with Crippen LogP contribution in [-0.2, 0) is 11.3 Å². The third-order valence-corrected chi connectivity index (χ3v) is 6.44. The molecule has 6 heteroatoms. The number of hydrogen-bond donors (Lipinski definition) is 0. The van der Waals surface area contributed by atoms with E-state index in [9.17, 15) is 9.18 Å². The molecule has 2 aliphatic rings. The number of carbonyl (C=O) groups excluding carboxylic acids is 1. The highest BCUT2D eigenvalue weighted by atomic mass is 35.5. The molecule has 0 spiro atoms. The summed E-state index contributed by atoms with van der Waals surface area (Å²) in [7, 11) is 0. The van der Waals surface area contributed by atoms with E-state index in [-0.39, 0.29) is 17.8 Å². The SMILES string of the molecule is O=C1C(N2CCCCC2)CCN1Cc1c(Cl)cc(-c2ccc(F)cc2)cc1Cl. The van der Waals surface area contributed by atoms with Gasteiger partial charge in [0, 0.05) is 28.7 Å². The number of rotatable bonds is 4. The van der Waals surface area contributed by atoms with Crippen LogP contribution in [0, 0.1) is 5.82 Å². The van der Waals surface area contributed by atoms with E-state index in [1.807, 2.05) is 17.0 Å². The highest BCUT2D eigenvalue weighted by molar-refractivity contribution is 6.36. The number of halogens is 3. The van der Waals surface area contributed by atoms with Crippen LogP contribution in [0.4, 0.5) is 4.39 Å². The molecule has 0 aliphatic carbocycles. The molecule has 1 atom stereocenters. The van der Waals surface area contributed by atoms with Gasteiger partial charge in [0.25, 0.3) is 0 Å². The molecule has 0 saturated carbocycles. The van der Waals surface area contributed by atoms with Gasteiger partial charge in [-0.3, -0.25) is 9.69 Å². The second-order valence-electron chi connectivity index (χ2n) is 7.59. The third-order valence-electron chi connectivity index (χ3n) is 5.77. The molecule has 2 aliphatic heterocycles. The van der Waals surface area contributed by atoms with E-state index in [1.165, 1.54) is 31.4 Å². The van der Waals surface area contributed by atoms with Crippen molar-refractivity contribution in [1.29, 1.82) is 0 Å². The molecule has 148 valence electrons. The summed E-state index contributed by atoms with van der Waals surface area (Å²) in [5.41, 5.74) is 2.44. The van der Waals surface area contributed by atoms with Gasteiger partial charge in [-0.2, -0.15) is 0 Å². The van der Waals surface area contributed by atoms with Crippen molar-refractivity contribution in [3.05, 3.63) is 57.8 Å². The Morgan fingerprint density at radius 3 is 2.21 bits per heavy atom. The first kappa shape index (κ1) is 19.7. The summed E-state index contributed by atoms with van der Waals surface area (Å²) < 4.78 is 13.2. The van der Waals surface area contributed by atoms with Crippen LogP contribution in [0.25, 0.3) is 11.1 Å². The number of piperidine rings is 1. The Kier molecular flexibility index (Phi) is 5.91. The minimum absolute atomic E-state index is 0.00339. The lowest BCUT2D eigenvalue weighted by atomic mass is 10.0. The molecule has 2 saturated heterocycles. The van der Waals surface area contributed by atoms with Crippen LogP contribution in [0.15, 0.2) is 36.4 Å². The summed E-state index contributed by atoms with van der Waals surface area (Å²) in [4.78, 5) is 17.1. The van der Waals surface area contributed by atoms with Gasteiger partial charge in [0.15, 0.2) is 0 Å². The topological polar surface area (TPSA) is 23.6 Å². The molecule has 4 rings (SSSR count). The van der Waals surface area contributed by atoms with Gasteiger partial charge in [0.1, 0.15) is 5.82 Å². The number of benzene rings is 2. The molecular formula is C22H23Cl2FN2O. The molecule has 0 aromatic heterocycles. The Morgan fingerprint density at radius 1 is 0.929 bits per heavy atom. The summed E-state index contributed by atoms with van der Waals surface area (Å²) in [5, 5.41) is 1.06. The quantitative estimate of drug-likeness (QED) is 0.661. The first-order chi connectivity index (χ1) is 13.5. The van der Waals surface area contributed by atoms with Crippen molar-refractivity contribution in [3.8, 4) is 11.1 Å². The molecule has 2 fully saturated rings. The summed E-state index contributed by atoms with van der Waals surface area (Å²) >= 11 is 13.0. The maximum atomic E-state index is 13.2. The molecule has 3 nitrogen and oxygen atoms in total. The summed E-state index contributed by atoms with van der Waals surface area (Å²) in [6.45, 7) is 3.17. The lowest BCUT2D eigenvalue weighted by Crippen LogP contribution is -2.44. The Morgan fingerprint density at radius 2 is 1.57 bits per heavy atom. The second kappa shape index (κ2) is 8.40. The van der Waals surface area contributed by atoms with Crippen molar-refractivity contribution in [2.24, 2.45) is 0 Å². The number of carbonyl (C=O) groups is 1. The van der Waals surface area contributed by atoms with Crippen molar-refractivity contribution >= 4 is 29.1 Å². The fourth-order valence-corrected chi connectivity index (χ4v) is 4.81. The van der Waals surface area contributed by atoms with E-state index in [2.05, 4.69) is 4.90 Å². The Bertz CT molecular complexity index is 842. The first-order valence-electron chi connectivity index (χ1n) is 9.79. The largest absolute Gasteiger partial charge is 0.337 e. The van der Waals surface area contributed by atoms with Crippen molar-refractivity contribution in [1.82, 2.24) is 9.80 Å². The molecule has 2 aromatic rings.